The molecule has 0 unspecified atom stereocenters. The molecule has 132 valence electrons. The Bertz CT molecular complexity index is 235. The van der Waals surface area contributed by atoms with Gasteiger partial charge < -0.3 is 0 Å². The number of unbranched alkanes of at least 4 members (excludes halogenated alkanes) is 4. The summed E-state index contributed by atoms with van der Waals surface area (Å²) in [6, 6.07) is 0. The van der Waals surface area contributed by atoms with Crippen LogP contribution < -0.4 is 0 Å². The second-order valence-corrected chi connectivity index (χ2v) is 27.4. The molecule has 0 bridgehead atoms. The minimum absolute atomic E-state index is 0.724. The quantitative estimate of drug-likeness (QED) is 0.280. The number of hydrogen-bond acceptors (Lipinski definition) is 1. The number of hydrogen-bond donors (Lipinski definition) is 0. The van der Waals surface area contributed by atoms with E-state index in [2.05, 4.69) is 36.6 Å². The molecule has 1 aliphatic rings. The van der Waals surface area contributed by atoms with E-state index in [-0.39, 0.29) is 0 Å². The SMILES string of the molecule is CCCCC1(CCCC)CC[CH2][Sn]([CH2]CCC)([CH2]CCC)[S]1. The van der Waals surface area contributed by atoms with Gasteiger partial charge in [-0.2, -0.15) is 0 Å². The summed E-state index contributed by atoms with van der Waals surface area (Å²) in [7, 11) is 2.70. The van der Waals surface area contributed by atoms with Gasteiger partial charge in [0.25, 0.3) is 0 Å². The third-order valence-corrected chi connectivity index (χ3v) is 29.5. The van der Waals surface area contributed by atoms with E-state index >= 15 is 0 Å². The van der Waals surface area contributed by atoms with Crippen molar-refractivity contribution in [3.63, 3.8) is 0 Å². The molecule has 0 radical (unpaired) electrons. The van der Waals surface area contributed by atoms with E-state index < -0.39 is 17.0 Å². The van der Waals surface area contributed by atoms with Crippen LogP contribution in [0.3, 0.4) is 0 Å². The molecular weight excluding hydrogens is 391 g/mol. The molecule has 1 heterocycles. The van der Waals surface area contributed by atoms with Crippen LogP contribution in [-0.2, 0) is 0 Å². The van der Waals surface area contributed by atoms with Gasteiger partial charge in [-0.3, -0.25) is 0 Å². The maximum absolute atomic E-state index is 2.70. The fraction of sp³-hybridized carbons (Fsp3) is 1.00. The Morgan fingerprint density at radius 3 is 1.73 bits per heavy atom. The van der Waals surface area contributed by atoms with Crippen molar-refractivity contribution in [1.82, 2.24) is 0 Å². The van der Waals surface area contributed by atoms with Gasteiger partial charge in [-0.1, -0.05) is 0 Å². The first-order valence-electron chi connectivity index (χ1n) is 10.4. The van der Waals surface area contributed by atoms with Crippen LogP contribution >= 0.6 is 8.95 Å². The fourth-order valence-electron chi connectivity index (χ4n) is 4.24. The van der Waals surface area contributed by atoms with Gasteiger partial charge in [0.15, 0.2) is 0 Å². The van der Waals surface area contributed by atoms with Crippen molar-refractivity contribution >= 4 is 25.9 Å². The van der Waals surface area contributed by atoms with Crippen molar-refractivity contribution in [1.29, 1.82) is 0 Å². The average molecular weight is 433 g/mol. The van der Waals surface area contributed by atoms with Gasteiger partial charge in [-0.25, -0.2) is 0 Å². The molecule has 0 aromatic heterocycles. The molecule has 0 nitrogen and oxygen atoms in total. The molecule has 0 saturated carbocycles. The monoisotopic (exact) mass is 434 g/mol. The third-order valence-electron chi connectivity index (χ3n) is 5.64. The molecule has 1 fully saturated rings. The molecule has 0 spiro atoms. The molecule has 1 saturated heterocycles. The topological polar surface area (TPSA) is 0 Å². The van der Waals surface area contributed by atoms with Crippen LogP contribution in [0, 0.1) is 0 Å². The van der Waals surface area contributed by atoms with Crippen molar-refractivity contribution in [2.45, 2.75) is 123 Å². The average Bonchev–Trinajstić information content (AvgIpc) is 2.55. The first-order chi connectivity index (χ1) is 10.7. The van der Waals surface area contributed by atoms with Crippen LogP contribution in [0.15, 0.2) is 0 Å². The van der Waals surface area contributed by atoms with Crippen molar-refractivity contribution in [2.75, 3.05) is 0 Å². The second-order valence-electron chi connectivity index (χ2n) is 7.74. The zero-order valence-electron chi connectivity index (χ0n) is 16.0. The normalized spacial score (nSPS) is 20.2. The predicted octanol–water partition coefficient (Wildman–Crippen LogP) is 8.18. The molecule has 2 heteroatoms. The molecule has 0 aromatic carbocycles. The van der Waals surface area contributed by atoms with E-state index in [9.17, 15) is 0 Å². The Balaban J connectivity index is 2.82. The predicted molar refractivity (Wildman–Crippen MR) is 109 cm³/mol. The summed E-state index contributed by atoms with van der Waals surface area (Å²) < 4.78 is 5.81. The number of rotatable bonds is 12. The summed E-state index contributed by atoms with van der Waals surface area (Å²) >= 11 is -1.90. The van der Waals surface area contributed by atoms with Gasteiger partial charge in [0.1, 0.15) is 0 Å². The van der Waals surface area contributed by atoms with Gasteiger partial charge in [0.05, 0.1) is 0 Å². The first-order valence-corrected chi connectivity index (χ1v) is 20.7. The van der Waals surface area contributed by atoms with Crippen molar-refractivity contribution < 1.29 is 0 Å². The Hall–Kier alpha value is 1.15. The van der Waals surface area contributed by atoms with E-state index in [1.54, 1.807) is 26.2 Å². The second kappa shape index (κ2) is 11.7. The molecule has 0 amide bonds. The van der Waals surface area contributed by atoms with Gasteiger partial charge in [-0.05, 0) is 0 Å². The summed E-state index contributed by atoms with van der Waals surface area (Å²) in [6.45, 7) is 9.56. The molecule has 0 aromatic rings. The van der Waals surface area contributed by atoms with Crippen LogP contribution in [0.2, 0.25) is 13.3 Å². The fourth-order valence-corrected chi connectivity index (χ4v) is 32.4. The Kier molecular flexibility index (Phi) is 11.2. The van der Waals surface area contributed by atoms with E-state index in [4.69, 9.17) is 0 Å². The van der Waals surface area contributed by atoms with Crippen LogP contribution in [0.5, 0.6) is 0 Å². The van der Waals surface area contributed by atoms with Gasteiger partial charge in [0, 0.05) is 0 Å². The van der Waals surface area contributed by atoms with Crippen molar-refractivity contribution in [2.24, 2.45) is 0 Å². The standard InChI is InChI=1S/C12H25S.2C4H9.Sn/c1-4-7-10-12(13,9-6-3)11-8-5-2;2*1-3-4-2;/h13H,3-11H2,1-2H3;2*1,3-4H2,2H3;/q;;;+1/p-1. The molecule has 22 heavy (non-hydrogen) atoms. The van der Waals surface area contributed by atoms with Crippen LogP contribution in [0.25, 0.3) is 0 Å². The summed E-state index contributed by atoms with van der Waals surface area (Å²) in [4.78, 5) is 0. The first kappa shape index (κ1) is 21.2. The van der Waals surface area contributed by atoms with E-state index in [0.29, 0.717) is 0 Å². The zero-order valence-corrected chi connectivity index (χ0v) is 19.7. The maximum atomic E-state index is 2.70. The van der Waals surface area contributed by atoms with Crippen molar-refractivity contribution in [3.05, 3.63) is 0 Å². The Morgan fingerprint density at radius 1 is 0.773 bits per heavy atom. The van der Waals surface area contributed by atoms with Crippen molar-refractivity contribution in [3.8, 4) is 0 Å². The molecule has 0 N–H and O–H groups in total. The Morgan fingerprint density at radius 2 is 1.27 bits per heavy atom. The summed E-state index contributed by atoms with van der Waals surface area (Å²) in [5.74, 6) is 0. The molecule has 0 atom stereocenters. The van der Waals surface area contributed by atoms with E-state index in [0.717, 1.165) is 4.75 Å². The summed E-state index contributed by atoms with van der Waals surface area (Å²) in [5.41, 5.74) is 0. The zero-order chi connectivity index (χ0) is 16.3. The third kappa shape index (κ3) is 6.95. The van der Waals surface area contributed by atoms with E-state index in [1.165, 1.54) is 64.2 Å². The Labute approximate surface area is 148 Å². The minimum atomic E-state index is -1.90. The summed E-state index contributed by atoms with van der Waals surface area (Å²) in [5, 5.41) is 0. The molecule has 1 rings (SSSR count). The molecule has 1 aliphatic heterocycles. The van der Waals surface area contributed by atoms with Crippen LogP contribution in [0.4, 0.5) is 0 Å². The summed E-state index contributed by atoms with van der Waals surface area (Å²) in [6.07, 6.45) is 17.8. The van der Waals surface area contributed by atoms with Crippen LogP contribution in [-0.4, -0.2) is 21.7 Å². The van der Waals surface area contributed by atoms with E-state index in [1.807, 2.05) is 0 Å². The molecule has 0 aliphatic carbocycles. The molecular formula is C20H42SSn. The van der Waals surface area contributed by atoms with Gasteiger partial charge >= 0.3 is 149 Å². The van der Waals surface area contributed by atoms with Gasteiger partial charge in [0.2, 0.25) is 0 Å². The van der Waals surface area contributed by atoms with Crippen LogP contribution in [0.1, 0.15) is 105 Å². The van der Waals surface area contributed by atoms with Gasteiger partial charge in [-0.15, -0.1) is 0 Å².